The van der Waals surface area contributed by atoms with Gasteiger partial charge in [-0.1, -0.05) is 17.7 Å². The molecule has 0 spiro atoms. The highest BCUT2D eigenvalue weighted by molar-refractivity contribution is 6.32. The largest absolute Gasteiger partial charge is 0.494 e. The molecule has 0 aliphatic heterocycles. The van der Waals surface area contributed by atoms with Crippen LogP contribution in [0.25, 0.3) is 6.08 Å². The lowest BCUT2D eigenvalue weighted by atomic mass is 10.1. The summed E-state index contributed by atoms with van der Waals surface area (Å²) in [6, 6.07) is 10.6. The molecule has 0 amide bonds. The lowest BCUT2D eigenvalue weighted by Gasteiger charge is -2.05. The molecule has 2 aromatic carbocycles. The molecule has 8 heteroatoms. The Morgan fingerprint density at radius 1 is 1.19 bits per heavy atom. The fourth-order valence-corrected chi connectivity index (χ4v) is 2.30. The molecule has 140 valence electrons. The van der Waals surface area contributed by atoms with E-state index in [0.717, 1.165) is 6.08 Å². The Morgan fingerprint density at radius 2 is 1.89 bits per heavy atom. The summed E-state index contributed by atoms with van der Waals surface area (Å²) in [6.07, 6.45) is 2.42. The fraction of sp³-hybridized carbons (Fsp3) is 0.158. The van der Waals surface area contributed by atoms with Crippen LogP contribution >= 0.6 is 11.6 Å². The van der Waals surface area contributed by atoms with Crippen LogP contribution in [0, 0.1) is 10.1 Å². The molecule has 0 unspecified atom stereocenters. The summed E-state index contributed by atoms with van der Waals surface area (Å²) < 4.78 is 10.2. The minimum atomic E-state index is -0.744. The maximum atomic E-state index is 12.0. The zero-order chi connectivity index (χ0) is 19.8. The molecule has 0 bridgehead atoms. The number of carbonyl (C=O) groups is 2. The number of nitrogens with zero attached hydrogens (tertiary/aromatic N) is 1. The Bertz CT molecular complexity index is 876. The number of halogens is 1. The summed E-state index contributed by atoms with van der Waals surface area (Å²) in [7, 11) is 0. The number of carbonyl (C=O) groups excluding carboxylic acids is 2. The van der Waals surface area contributed by atoms with Crippen LogP contribution in [0.1, 0.15) is 22.8 Å². The molecule has 0 aromatic heterocycles. The smallest absolute Gasteiger partial charge is 0.331 e. The van der Waals surface area contributed by atoms with Crippen molar-refractivity contribution in [3.63, 3.8) is 0 Å². The number of rotatable bonds is 8. The van der Waals surface area contributed by atoms with Crippen LogP contribution in [0.15, 0.2) is 48.5 Å². The SMILES string of the molecule is CCOc1ccc(C(=O)COC(=O)/C=C/c2ccc(Cl)c([N+](=O)[O-])c2)cc1. The van der Waals surface area contributed by atoms with E-state index in [2.05, 4.69) is 0 Å². The van der Waals surface area contributed by atoms with Gasteiger partial charge in [-0.25, -0.2) is 4.79 Å². The van der Waals surface area contributed by atoms with Gasteiger partial charge >= 0.3 is 5.97 Å². The standard InChI is InChI=1S/C19H16ClNO6/c1-2-26-15-7-5-14(6-8-15)18(22)12-27-19(23)10-4-13-3-9-16(20)17(11-13)21(24)25/h3-11H,2,12H2,1H3/b10-4+. The van der Waals surface area contributed by atoms with Gasteiger partial charge in [0.25, 0.3) is 5.69 Å². The second-order valence-electron chi connectivity index (χ2n) is 5.29. The van der Waals surface area contributed by atoms with Crippen molar-refractivity contribution < 1.29 is 24.0 Å². The van der Waals surface area contributed by atoms with Gasteiger partial charge in [0.1, 0.15) is 10.8 Å². The molecule has 0 saturated carbocycles. The van der Waals surface area contributed by atoms with Crippen molar-refractivity contribution >= 4 is 35.1 Å². The van der Waals surface area contributed by atoms with Gasteiger partial charge in [0.05, 0.1) is 11.5 Å². The molecule has 0 atom stereocenters. The first-order valence-corrected chi connectivity index (χ1v) is 8.33. The van der Waals surface area contributed by atoms with E-state index >= 15 is 0 Å². The van der Waals surface area contributed by atoms with Crippen molar-refractivity contribution in [3.05, 3.63) is 74.8 Å². The lowest BCUT2D eigenvalue weighted by molar-refractivity contribution is -0.384. The van der Waals surface area contributed by atoms with Crippen LogP contribution < -0.4 is 4.74 Å². The number of Topliss-reactive ketones (excluding diaryl/α,β-unsaturated/α-hetero) is 1. The Morgan fingerprint density at radius 3 is 2.52 bits per heavy atom. The average Bonchev–Trinajstić information content (AvgIpc) is 2.66. The van der Waals surface area contributed by atoms with Gasteiger partial charge in [0.15, 0.2) is 12.4 Å². The molecule has 0 heterocycles. The third-order valence-corrected chi connectivity index (χ3v) is 3.73. The maximum Gasteiger partial charge on any atom is 0.331 e. The second-order valence-corrected chi connectivity index (χ2v) is 5.70. The van der Waals surface area contributed by atoms with Crippen LogP contribution in [0.2, 0.25) is 5.02 Å². The third kappa shape index (κ3) is 5.93. The lowest BCUT2D eigenvalue weighted by Crippen LogP contribution is -2.12. The second kappa shape index (κ2) is 9.49. The predicted molar refractivity (Wildman–Crippen MR) is 100 cm³/mol. The molecule has 0 N–H and O–H groups in total. The first-order chi connectivity index (χ1) is 12.9. The molecular formula is C19H16ClNO6. The number of hydrogen-bond acceptors (Lipinski definition) is 6. The van der Waals surface area contributed by atoms with Gasteiger partial charge in [-0.15, -0.1) is 0 Å². The molecule has 0 radical (unpaired) electrons. The highest BCUT2D eigenvalue weighted by atomic mass is 35.5. The topological polar surface area (TPSA) is 95.7 Å². The molecule has 0 aliphatic rings. The van der Waals surface area contributed by atoms with Gasteiger partial charge < -0.3 is 9.47 Å². The number of ketones is 1. The summed E-state index contributed by atoms with van der Waals surface area (Å²) >= 11 is 5.72. The van der Waals surface area contributed by atoms with E-state index in [0.29, 0.717) is 23.5 Å². The molecule has 0 saturated heterocycles. The van der Waals surface area contributed by atoms with Crippen molar-refractivity contribution in [2.24, 2.45) is 0 Å². The Hall–Kier alpha value is -3.19. The zero-order valence-electron chi connectivity index (χ0n) is 14.4. The first-order valence-electron chi connectivity index (χ1n) is 7.95. The van der Waals surface area contributed by atoms with Crippen LogP contribution in [0.4, 0.5) is 5.69 Å². The molecule has 2 aromatic rings. The van der Waals surface area contributed by atoms with Crippen LogP contribution in [0.5, 0.6) is 5.75 Å². The van der Waals surface area contributed by atoms with E-state index in [-0.39, 0.29) is 16.5 Å². The van der Waals surface area contributed by atoms with E-state index in [9.17, 15) is 19.7 Å². The first kappa shape index (κ1) is 20.1. The predicted octanol–water partition coefficient (Wildman–Crippen LogP) is 4.09. The monoisotopic (exact) mass is 389 g/mol. The molecule has 2 rings (SSSR count). The normalized spacial score (nSPS) is 10.6. The van der Waals surface area contributed by atoms with Crippen LogP contribution in [-0.4, -0.2) is 29.9 Å². The average molecular weight is 390 g/mol. The Kier molecular flexibility index (Phi) is 7.08. The highest BCUT2D eigenvalue weighted by Crippen LogP contribution is 2.25. The van der Waals surface area contributed by atoms with Crippen molar-refractivity contribution in [1.29, 1.82) is 0 Å². The Labute approximate surface area is 160 Å². The molecule has 7 nitrogen and oxygen atoms in total. The van der Waals surface area contributed by atoms with E-state index in [1.165, 1.54) is 24.3 Å². The van der Waals surface area contributed by atoms with E-state index in [1.54, 1.807) is 24.3 Å². The summed E-state index contributed by atoms with van der Waals surface area (Å²) in [4.78, 5) is 34.0. The molecular weight excluding hydrogens is 374 g/mol. The number of nitro groups is 1. The quantitative estimate of drug-likeness (QED) is 0.222. The molecule has 27 heavy (non-hydrogen) atoms. The van der Waals surface area contributed by atoms with Crippen molar-refractivity contribution in [3.8, 4) is 5.75 Å². The number of benzene rings is 2. The maximum absolute atomic E-state index is 12.0. The van der Waals surface area contributed by atoms with Crippen molar-refractivity contribution in [2.45, 2.75) is 6.92 Å². The Balaban J connectivity index is 1.92. The van der Waals surface area contributed by atoms with Gasteiger partial charge in [0, 0.05) is 17.7 Å². The van der Waals surface area contributed by atoms with Gasteiger partial charge in [0.2, 0.25) is 0 Å². The molecule has 0 aliphatic carbocycles. The number of esters is 1. The minimum absolute atomic E-state index is 0.000628. The van der Waals surface area contributed by atoms with Crippen LogP contribution in [-0.2, 0) is 9.53 Å². The van der Waals surface area contributed by atoms with Gasteiger partial charge in [-0.3, -0.25) is 14.9 Å². The van der Waals surface area contributed by atoms with Gasteiger partial charge in [-0.2, -0.15) is 0 Å². The van der Waals surface area contributed by atoms with Crippen molar-refractivity contribution in [1.82, 2.24) is 0 Å². The number of nitro benzene ring substituents is 1. The third-order valence-electron chi connectivity index (χ3n) is 3.41. The summed E-state index contributed by atoms with van der Waals surface area (Å²) in [5, 5.41) is 10.8. The van der Waals surface area contributed by atoms with E-state index in [4.69, 9.17) is 21.1 Å². The summed E-state index contributed by atoms with van der Waals surface area (Å²) in [5.74, 6) is -0.458. The fourth-order valence-electron chi connectivity index (χ4n) is 2.11. The number of hydrogen-bond donors (Lipinski definition) is 0. The molecule has 0 fully saturated rings. The summed E-state index contributed by atoms with van der Waals surface area (Å²) in [6.45, 7) is 1.96. The highest BCUT2D eigenvalue weighted by Gasteiger charge is 2.12. The minimum Gasteiger partial charge on any atom is -0.494 e. The van der Waals surface area contributed by atoms with Crippen molar-refractivity contribution in [2.75, 3.05) is 13.2 Å². The summed E-state index contributed by atoms with van der Waals surface area (Å²) in [5.41, 5.74) is 0.530. The van der Waals surface area contributed by atoms with E-state index in [1.807, 2.05) is 6.92 Å². The van der Waals surface area contributed by atoms with E-state index < -0.39 is 17.5 Å². The zero-order valence-corrected chi connectivity index (χ0v) is 15.1. The number of ether oxygens (including phenoxy) is 2. The van der Waals surface area contributed by atoms with Gasteiger partial charge in [-0.05, 0) is 48.9 Å². The van der Waals surface area contributed by atoms with Crippen LogP contribution in [0.3, 0.4) is 0 Å².